The van der Waals surface area contributed by atoms with Crippen molar-refractivity contribution in [2.45, 2.75) is 12.8 Å². The topological polar surface area (TPSA) is 41.6 Å². The van der Waals surface area contributed by atoms with Crippen LogP contribution in [0.5, 0.6) is 0 Å². The number of hydrogen-bond acceptors (Lipinski definition) is 3. The van der Waals surface area contributed by atoms with Gasteiger partial charge in [-0.3, -0.25) is 9.69 Å². The van der Waals surface area contributed by atoms with Crippen molar-refractivity contribution in [3.63, 3.8) is 0 Å². The van der Waals surface area contributed by atoms with E-state index in [-0.39, 0.29) is 5.91 Å². The Kier molecular flexibility index (Phi) is 6.30. The molecule has 4 nitrogen and oxygen atoms in total. The number of hydrogen-bond donors (Lipinski definition) is 1. The van der Waals surface area contributed by atoms with Gasteiger partial charge in [-0.25, -0.2) is 0 Å². The fraction of sp³-hybridized carbons (Fsp3) is 0.533. The SMILES string of the molecule is O=C(Cc1ccc(Cl)cc1)NCCCN1CCOCC1. The summed E-state index contributed by atoms with van der Waals surface area (Å²) in [6.07, 6.45) is 1.39. The van der Waals surface area contributed by atoms with Gasteiger partial charge in [0.15, 0.2) is 0 Å². The average Bonchev–Trinajstić information content (AvgIpc) is 2.47. The number of carbonyl (C=O) groups is 1. The van der Waals surface area contributed by atoms with E-state index >= 15 is 0 Å². The van der Waals surface area contributed by atoms with Crippen molar-refractivity contribution in [2.75, 3.05) is 39.4 Å². The molecule has 0 unspecified atom stereocenters. The molecule has 2 rings (SSSR count). The van der Waals surface area contributed by atoms with E-state index in [4.69, 9.17) is 16.3 Å². The summed E-state index contributed by atoms with van der Waals surface area (Å²) in [5.74, 6) is 0.0642. The van der Waals surface area contributed by atoms with Crippen LogP contribution in [0.15, 0.2) is 24.3 Å². The van der Waals surface area contributed by atoms with E-state index in [2.05, 4.69) is 10.2 Å². The molecule has 1 aliphatic heterocycles. The van der Waals surface area contributed by atoms with Crippen LogP contribution in [-0.4, -0.2) is 50.2 Å². The number of ether oxygens (including phenoxy) is 1. The van der Waals surface area contributed by atoms with Crippen molar-refractivity contribution in [2.24, 2.45) is 0 Å². The Labute approximate surface area is 125 Å². The molecular formula is C15H21ClN2O2. The summed E-state index contributed by atoms with van der Waals surface area (Å²) in [4.78, 5) is 14.1. The Balaban J connectivity index is 1.59. The largest absolute Gasteiger partial charge is 0.379 e. The van der Waals surface area contributed by atoms with Crippen molar-refractivity contribution in [1.29, 1.82) is 0 Å². The van der Waals surface area contributed by atoms with Gasteiger partial charge in [-0.2, -0.15) is 0 Å². The van der Waals surface area contributed by atoms with E-state index in [9.17, 15) is 4.79 Å². The van der Waals surface area contributed by atoms with Crippen LogP contribution in [0.1, 0.15) is 12.0 Å². The Morgan fingerprint density at radius 2 is 1.95 bits per heavy atom. The molecule has 0 spiro atoms. The molecule has 20 heavy (non-hydrogen) atoms. The molecule has 5 heteroatoms. The van der Waals surface area contributed by atoms with E-state index in [0.717, 1.165) is 51.4 Å². The normalized spacial score (nSPS) is 16.1. The van der Waals surface area contributed by atoms with E-state index in [1.54, 1.807) is 0 Å². The Morgan fingerprint density at radius 3 is 2.65 bits per heavy atom. The van der Waals surface area contributed by atoms with Crippen LogP contribution >= 0.6 is 11.6 Å². The van der Waals surface area contributed by atoms with Gasteiger partial charge in [0.1, 0.15) is 0 Å². The molecule has 0 saturated carbocycles. The number of nitrogens with one attached hydrogen (secondary N) is 1. The van der Waals surface area contributed by atoms with Crippen LogP contribution in [0, 0.1) is 0 Å². The quantitative estimate of drug-likeness (QED) is 0.813. The van der Waals surface area contributed by atoms with Crippen LogP contribution in [-0.2, 0) is 16.0 Å². The monoisotopic (exact) mass is 296 g/mol. The molecule has 110 valence electrons. The van der Waals surface area contributed by atoms with Gasteiger partial charge in [-0.15, -0.1) is 0 Å². The minimum absolute atomic E-state index is 0.0642. The third-order valence-corrected chi connectivity index (χ3v) is 3.61. The molecule has 0 aliphatic carbocycles. The first-order chi connectivity index (χ1) is 9.74. The number of amides is 1. The van der Waals surface area contributed by atoms with Gasteiger partial charge in [0.25, 0.3) is 0 Å². The lowest BCUT2D eigenvalue weighted by molar-refractivity contribution is -0.120. The van der Waals surface area contributed by atoms with Crippen molar-refractivity contribution >= 4 is 17.5 Å². The molecule has 1 amide bonds. The molecule has 1 fully saturated rings. The Morgan fingerprint density at radius 1 is 1.25 bits per heavy atom. The van der Waals surface area contributed by atoms with Crippen LogP contribution in [0.3, 0.4) is 0 Å². The summed E-state index contributed by atoms with van der Waals surface area (Å²) in [6.45, 7) is 5.39. The third kappa shape index (κ3) is 5.49. The highest BCUT2D eigenvalue weighted by Gasteiger charge is 2.09. The average molecular weight is 297 g/mol. The van der Waals surface area contributed by atoms with E-state index in [1.807, 2.05) is 24.3 Å². The highest BCUT2D eigenvalue weighted by Crippen LogP contribution is 2.09. The maximum atomic E-state index is 11.8. The maximum absolute atomic E-state index is 11.8. The zero-order chi connectivity index (χ0) is 14.2. The van der Waals surface area contributed by atoms with Crippen LogP contribution in [0.25, 0.3) is 0 Å². The second kappa shape index (κ2) is 8.25. The first-order valence-corrected chi connectivity index (χ1v) is 7.43. The highest BCUT2D eigenvalue weighted by molar-refractivity contribution is 6.30. The lowest BCUT2D eigenvalue weighted by Gasteiger charge is -2.26. The highest BCUT2D eigenvalue weighted by atomic mass is 35.5. The molecule has 0 aromatic heterocycles. The standard InChI is InChI=1S/C15H21ClN2O2/c16-14-4-2-13(3-5-14)12-15(19)17-6-1-7-18-8-10-20-11-9-18/h2-5H,1,6-12H2,(H,17,19). The molecule has 1 aromatic carbocycles. The number of rotatable bonds is 6. The summed E-state index contributed by atoms with van der Waals surface area (Å²) >= 11 is 5.81. The van der Waals surface area contributed by atoms with E-state index < -0.39 is 0 Å². The lowest BCUT2D eigenvalue weighted by Crippen LogP contribution is -2.38. The smallest absolute Gasteiger partial charge is 0.224 e. The first kappa shape index (κ1) is 15.3. The van der Waals surface area contributed by atoms with Gasteiger partial charge < -0.3 is 10.1 Å². The lowest BCUT2D eigenvalue weighted by atomic mass is 10.1. The van der Waals surface area contributed by atoms with Gasteiger partial charge in [0.2, 0.25) is 5.91 Å². The molecule has 0 bridgehead atoms. The van der Waals surface area contributed by atoms with Gasteiger partial charge in [-0.05, 0) is 30.7 Å². The molecule has 1 heterocycles. The predicted molar refractivity (Wildman–Crippen MR) is 80.0 cm³/mol. The molecule has 0 atom stereocenters. The molecule has 1 saturated heterocycles. The Bertz CT molecular complexity index is 416. The second-order valence-corrected chi connectivity index (χ2v) is 5.40. The minimum atomic E-state index is 0.0642. The van der Waals surface area contributed by atoms with Crippen LogP contribution in [0.2, 0.25) is 5.02 Å². The van der Waals surface area contributed by atoms with Crippen molar-refractivity contribution < 1.29 is 9.53 Å². The molecule has 1 aliphatic rings. The molecular weight excluding hydrogens is 276 g/mol. The van der Waals surface area contributed by atoms with E-state index in [1.165, 1.54) is 0 Å². The molecule has 1 aromatic rings. The number of nitrogens with zero attached hydrogens (tertiary/aromatic N) is 1. The zero-order valence-corrected chi connectivity index (χ0v) is 12.4. The summed E-state index contributed by atoms with van der Waals surface area (Å²) in [5.41, 5.74) is 0.986. The number of morpholine rings is 1. The number of benzene rings is 1. The molecule has 1 N–H and O–H groups in total. The zero-order valence-electron chi connectivity index (χ0n) is 11.6. The Hall–Kier alpha value is -1.10. The van der Waals surface area contributed by atoms with E-state index in [0.29, 0.717) is 11.4 Å². The summed E-state index contributed by atoms with van der Waals surface area (Å²) < 4.78 is 5.30. The summed E-state index contributed by atoms with van der Waals surface area (Å²) in [7, 11) is 0. The van der Waals surface area contributed by atoms with Crippen LogP contribution in [0.4, 0.5) is 0 Å². The van der Waals surface area contributed by atoms with Crippen molar-refractivity contribution in [3.05, 3.63) is 34.9 Å². The maximum Gasteiger partial charge on any atom is 0.224 e. The van der Waals surface area contributed by atoms with Gasteiger partial charge >= 0.3 is 0 Å². The summed E-state index contributed by atoms with van der Waals surface area (Å²) in [5, 5.41) is 3.65. The fourth-order valence-corrected chi connectivity index (χ4v) is 2.33. The minimum Gasteiger partial charge on any atom is -0.379 e. The fourth-order valence-electron chi connectivity index (χ4n) is 2.21. The summed E-state index contributed by atoms with van der Waals surface area (Å²) in [6, 6.07) is 7.39. The number of carbonyl (C=O) groups excluding carboxylic acids is 1. The van der Waals surface area contributed by atoms with Crippen molar-refractivity contribution in [3.8, 4) is 0 Å². The third-order valence-electron chi connectivity index (χ3n) is 3.35. The van der Waals surface area contributed by atoms with Gasteiger partial charge in [0, 0.05) is 24.7 Å². The van der Waals surface area contributed by atoms with Crippen molar-refractivity contribution in [1.82, 2.24) is 10.2 Å². The van der Waals surface area contributed by atoms with Gasteiger partial charge in [0.05, 0.1) is 19.6 Å². The van der Waals surface area contributed by atoms with Crippen LogP contribution < -0.4 is 5.32 Å². The number of halogens is 1. The first-order valence-electron chi connectivity index (χ1n) is 7.05. The van der Waals surface area contributed by atoms with Gasteiger partial charge in [-0.1, -0.05) is 23.7 Å². The second-order valence-electron chi connectivity index (χ2n) is 4.96. The molecule has 0 radical (unpaired) electrons. The predicted octanol–water partition coefficient (Wildman–Crippen LogP) is 1.72.